The molecule has 0 bridgehead atoms. The van der Waals surface area contributed by atoms with Crippen LogP contribution in [0.3, 0.4) is 0 Å². The lowest BCUT2D eigenvalue weighted by Gasteiger charge is -2.34. The number of esters is 1. The van der Waals surface area contributed by atoms with Gasteiger partial charge in [-0.15, -0.1) is 0 Å². The second-order valence-electron chi connectivity index (χ2n) is 9.46. The highest BCUT2D eigenvalue weighted by Gasteiger charge is 2.45. The summed E-state index contributed by atoms with van der Waals surface area (Å²) in [5.41, 5.74) is 13.0. The van der Waals surface area contributed by atoms with Gasteiger partial charge in [-0.25, -0.2) is 0 Å². The fourth-order valence-corrected chi connectivity index (χ4v) is 4.23. The smallest absolute Gasteiger partial charge is 0.305 e. The van der Waals surface area contributed by atoms with Crippen LogP contribution in [-0.2, 0) is 33.2 Å². The summed E-state index contributed by atoms with van der Waals surface area (Å²) in [5.74, 6) is -0.668. The van der Waals surface area contributed by atoms with Crippen LogP contribution >= 0.6 is 0 Å². The predicted molar refractivity (Wildman–Crippen MR) is 161 cm³/mol. The molecule has 10 heteroatoms. The quantitative estimate of drug-likeness (QED) is 0.0557. The van der Waals surface area contributed by atoms with Crippen molar-refractivity contribution in [1.82, 2.24) is 5.32 Å². The predicted octanol–water partition coefficient (Wildman–Crippen LogP) is 4.28. The number of hydrogen-bond donors (Lipinski definition) is 5. The number of amides is 1. The molecule has 1 atom stereocenters. The van der Waals surface area contributed by atoms with Crippen LogP contribution in [-0.4, -0.2) is 24.8 Å². The van der Waals surface area contributed by atoms with Crippen LogP contribution in [0.2, 0.25) is 0 Å². The molecule has 42 heavy (non-hydrogen) atoms. The lowest BCUT2D eigenvalue weighted by Crippen LogP contribution is -2.52. The molecule has 4 aromatic carbocycles. The van der Waals surface area contributed by atoms with E-state index in [9.17, 15) is 9.59 Å². The molecule has 0 fully saturated rings. The Bertz CT molecular complexity index is 1540. The molecule has 4 rings (SSSR count). The summed E-state index contributed by atoms with van der Waals surface area (Å²) >= 11 is 0. The Hall–Kier alpha value is -5.51. The van der Waals surface area contributed by atoms with Crippen molar-refractivity contribution >= 4 is 29.1 Å². The molecular formula is C32H33N5O5. The van der Waals surface area contributed by atoms with E-state index in [1.807, 2.05) is 30.3 Å². The monoisotopic (exact) mass is 567 g/mol. The van der Waals surface area contributed by atoms with E-state index in [0.717, 1.165) is 11.1 Å². The molecular weight excluding hydrogens is 534 g/mol. The van der Waals surface area contributed by atoms with E-state index in [0.29, 0.717) is 35.0 Å². The van der Waals surface area contributed by atoms with E-state index in [2.05, 4.69) is 10.6 Å². The minimum absolute atomic E-state index is 0.107. The summed E-state index contributed by atoms with van der Waals surface area (Å²) < 4.78 is 17.4. The highest BCUT2D eigenvalue weighted by atomic mass is 16.6. The number of benzene rings is 4. The molecule has 216 valence electrons. The normalized spacial score (nSPS) is 12.0. The van der Waals surface area contributed by atoms with Crippen molar-refractivity contribution in [2.24, 2.45) is 5.73 Å². The maximum Gasteiger partial charge on any atom is 0.305 e. The van der Waals surface area contributed by atoms with Crippen LogP contribution in [0, 0.1) is 5.41 Å². The van der Waals surface area contributed by atoms with Crippen LogP contribution in [0.1, 0.15) is 29.2 Å². The first-order valence-corrected chi connectivity index (χ1v) is 13.1. The number of nitrogens with two attached hydrogens (primary N) is 2. The van der Waals surface area contributed by atoms with Crippen molar-refractivity contribution in [1.29, 1.82) is 5.41 Å². The zero-order valence-electron chi connectivity index (χ0n) is 23.3. The second-order valence-corrected chi connectivity index (χ2v) is 9.46. The number of nitrogens with one attached hydrogen (secondary N) is 3. The summed E-state index contributed by atoms with van der Waals surface area (Å²) in [4.78, 5) is 26.5. The van der Waals surface area contributed by atoms with Crippen molar-refractivity contribution in [3.63, 3.8) is 0 Å². The fourth-order valence-electron chi connectivity index (χ4n) is 4.23. The molecule has 0 unspecified atom stereocenters. The largest absolute Gasteiger partial charge is 0.493 e. The molecule has 0 aliphatic heterocycles. The Morgan fingerprint density at radius 3 is 2.19 bits per heavy atom. The van der Waals surface area contributed by atoms with Gasteiger partial charge in [0.1, 0.15) is 12.4 Å². The number of carbonyl (C=O) groups is 2. The molecule has 0 aliphatic rings. The maximum atomic E-state index is 14.0. The Morgan fingerprint density at radius 1 is 0.881 bits per heavy atom. The van der Waals surface area contributed by atoms with Gasteiger partial charge >= 0.3 is 5.97 Å². The van der Waals surface area contributed by atoms with E-state index < -0.39 is 17.6 Å². The van der Waals surface area contributed by atoms with Gasteiger partial charge in [0, 0.05) is 36.0 Å². The van der Waals surface area contributed by atoms with Crippen LogP contribution in [0.25, 0.3) is 0 Å². The summed E-state index contributed by atoms with van der Waals surface area (Å²) in [7, 11) is 1.48. The number of nitrogen functional groups attached to an aromatic ring is 2. The van der Waals surface area contributed by atoms with Gasteiger partial charge in [-0.2, -0.15) is 0 Å². The minimum Gasteiger partial charge on any atom is -0.493 e. The van der Waals surface area contributed by atoms with E-state index in [1.54, 1.807) is 66.7 Å². The van der Waals surface area contributed by atoms with Gasteiger partial charge < -0.3 is 36.3 Å². The molecule has 0 aliphatic carbocycles. The standard InChI is InChI=1S/C32H33N5O5/c1-21(38)42-32(37-27-15-10-24(11-16-27)30(34)35,31(39)36-19-22-8-13-26(33)14-9-22)25-12-17-28(29(18-25)40-2)41-20-23-6-4-3-5-7-23/h3-18,37H,19-20,33H2,1-2H3,(H3,34,35)(H,36,39)/t32-/m0/s1. The Balaban J connectivity index is 1.73. The maximum absolute atomic E-state index is 14.0. The van der Waals surface area contributed by atoms with Gasteiger partial charge in [0.2, 0.25) is 0 Å². The third-order valence-corrected chi connectivity index (χ3v) is 6.37. The van der Waals surface area contributed by atoms with Crippen LogP contribution in [0.15, 0.2) is 97.1 Å². The van der Waals surface area contributed by atoms with Crippen LogP contribution < -0.4 is 31.6 Å². The van der Waals surface area contributed by atoms with E-state index >= 15 is 0 Å². The highest BCUT2D eigenvalue weighted by Crippen LogP contribution is 2.36. The topological polar surface area (TPSA) is 162 Å². The van der Waals surface area contributed by atoms with E-state index in [-0.39, 0.29) is 17.9 Å². The number of amidine groups is 1. The first-order valence-electron chi connectivity index (χ1n) is 13.1. The summed E-state index contributed by atoms with van der Waals surface area (Å²) in [6, 6.07) is 28.1. The number of hydrogen-bond acceptors (Lipinski definition) is 8. The van der Waals surface area contributed by atoms with Gasteiger partial charge in [-0.1, -0.05) is 42.5 Å². The number of methoxy groups -OCH3 is 1. The molecule has 10 nitrogen and oxygen atoms in total. The summed E-state index contributed by atoms with van der Waals surface area (Å²) in [6.45, 7) is 1.66. The number of anilines is 2. The Kier molecular flexibility index (Phi) is 9.28. The molecule has 1 amide bonds. The zero-order chi connectivity index (χ0) is 30.1. The molecule has 4 aromatic rings. The summed E-state index contributed by atoms with van der Waals surface area (Å²) in [5, 5.41) is 13.6. The van der Waals surface area contributed by atoms with Crippen LogP contribution in [0.4, 0.5) is 11.4 Å². The van der Waals surface area contributed by atoms with Crippen molar-refractivity contribution in [3.8, 4) is 11.5 Å². The summed E-state index contributed by atoms with van der Waals surface area (Å²) in [6.07, 6.45) is 0. The third-order valence-electron chi connectivity index (χ3n) is 6.37. The first-order chi connectivity index (χ1) is 20.2. The van der Waals surface area contributed by atoms with Crippen molar-refractivity contribution in [2.45, 2.75) is 25.8 Å². The van der Waals surface area contributed by atoms with Gasteiger partial charge in [-0.3, -0.25) is 15.0 Å². The molecule has 7 N–H and O–H groups in total. The van der Waals surface area contributed by atoms with Crippen molar-refractivity contribution < 1.29 is 23.8 Å². The fraction of sp³-hybridized carbons (Fsp3) is 0.156. The molecule has 0 spiro atoms. The van der Waals surface area contributed by atoms with Gasteiger partial charge in [0.15, 0.2) is 11.5 Å². The Morgan fingerprint density at radius 2 is 1.57 bits per heavy atom. The number of rotatable bonds is 12. The lowest BCUT2D eigenvalue weighted by molar-refractivity contribution is -0.165. The Labute approximate surface area is 244 Å². The van der Waals surface area contributed by atoms with Crippen LogP contribution in [0.5, 0.6) is 11.5 Å². The number of carbonyl (C=O) groups excluding carboxylic acids is 2. The van der Waals surface area contributed by atoms with Crippen molar-refractivity contribution in [3.05, 3.63) is 119 Å². The minimum atomic E-state index is -2.01. The lowest BCUT2D eigenvalue weighted by atomic mass is 9.99. The first kappa shape index (κ1) is 29.5. The molecule has 0 saturated heterocycles. The number of ether oxygens (including phenoxy) is 3. The average molecular weight is 568 g/mol. The molecule has 0 heterocycles. The van der Waals surface area contributed by atoms with Crippen molar-refractivity contribution in [2.75, 3.05) is 18.2 Å². The highest BCUT2D eigenvalue weighted by molar-refractivity contribution is 5.95. The SMILES string of the molecule is COc1cc([C@](Nc2ccc(C(=N)N)cc2)(OC(C)=O)C(=O)NCc2ccc(N)cc2)ccc1OCc1ccccc1. The molecule has 0 radical (unpaired) electrons. The van der Waals surface area contributed by atoms with Gasteiger partial charge in [0.25, 0.3) is 11.6 Å². The third kappa shape index (κ3) is 7.16. The van der Waals surface area contributed by atoms with Gasteiger partial charge in [0.05, 0.1) is 7.11 Å². The zero-order valence-corrected chi connectivity index (χ0v) is 23.3. The molecule has 0 saturated carbocycles. The van der Waals surface area contributed by atoms with E-state index in [4.69, 9.17) is 31.1 Å². The second kappa shape index (κ2) is 13.2. The van der Waals surface area contributed by atoms with E-state index in [1.165, 1.54) is 14.0 Å². The van der Waals surface area contributed by atoms with Gasteiger partial charge in [-0.05, 0) is 65.7 Å². The average Bonchev–Trinajstić information content (AvgIpc) is 2.99. The molecule has 0 aromatic heterocycles.